The molecular weight excluding hydrogens is 142 g/mol. The van der Waals surface area contributed by atoms with Crippen molar-refractivity contribution < 1.29 is 9.53 Å². The summed E-state index contributed by atoms with van der Waals surface area (Å²) in [6.07, 6.45) is 0.711. The lowest BCUT2D eigenvalue weighted by molar-refractivity contribution is -0.123. The number of ether oxygens (including phenoxy) is 1. The Labute approximate surface area is 67.2 Å². The predicted molar refractivity (Wildman–Crippen MR) is 43.7 cm³/mol. The van der Waals surface area contributed by atoms with Crippen molar-refractivity contribution in [2.24, 2.45) is 11.7 Å². The van der Waals surface area contributed by atoms with Crippen LogP contribution >= 0.6 is 0 Å². The van der Waals surface area contributed by atoms with Crippen molar-refractivity contribution in [3.63, 3.8) is 0 Å². The first-order chi connectivity index (χ1) is 5.07. The lowest BCUT2D eigenvalue weighted by Crippen LogP contribution is -2.26. The van der Waals surface area contributed by atoms with Crippen LogP contribution in [0.2, 0.25) is 0 Å². The molecule has 0 bridgehead atoms. The lowest BCUT2D eigenvalue weighted by atomic mass is 10.1. The molecule has 1 amide bonds. The van der Waals surface area contributed by atoms with E-state index in [-0.39, 0.29) is 11.8 Å². The van der Waals surface area contributed by atoms with Gasteiger partial charge in [0.25, 0.3) is 0 Å². The standard InChI is InChI=1S/C8H15NO2/c1-4-7(8(9)10)5-11-6(2)3/h7H,2,4-5H2,1,3H3,(H2,9,10). The molecule has 1 atom stereocenters. The fourth-order valence-corrected chi connectivity index (χ4v) is 0.644. The monoisotopic (exact) mass is 157 g/mol. The summed E-state index contributed by atoms with van der Waals surface area (Å²) in [5, 5.41) is 0. The molecule has 0 aromatic heterocycles. The molecule has 3 heteroatoms. The second-order valence-electron chi connectivity index (χ2n) is 2.52. The van der Waals surface area contributed by atoms with Crippen LogP contribution in [0, 0.1) is 5.92 Å². The number of allylic oxidation sites excluding steroid dienone is 1. The van der Waals surface area contributed by atoms with Crippen molar-refractivity contribution in [1.82, 2.24) is 0 Å². The molecule has 2 N–H and O–H groups in total. The van der Waals surface area contributed by atoms with Gasteiger partial charge in [-0.3, -0.25) is 4.79 Å². The Morgan fingerprint density at radius 3 is 2.55 bits per heavy atom. The quantitative estimate of drug-likeness (QED) is 0.606. The van der Waals surface area contributed by atoms with Crippen molar-refractivity contribution in [3.05, 3.63) is 12.3 Å². The van der Waals surface area contributed by atoms with Gasteiger partial charge in [-0.1, -0.05) is 13.5 Å². The molecule has 11 heavy (non-hydrogen) atoms. The first kappa shape index (κ1) is 10.0. The van der Waals surface area contributed by atoms with Gasteiger partial charge in [0.2, 0.25) is 5.91 Å². The summed E-state index contributed by atoms with van der Waals surface area (Å²) in [5.41, 5.74) is 5.08. The third kappa shape index (κ3) is 4.42. The van der Waals surface area contributed by atoms with E-state index in [2.05, 4.69) is 6.58 Å². The molecule has 1 unspecified atom stereocenters. The van der Waals surface area contributed by atoms with Crippen molar-refractivity contribution >= 4 is 5.91 Å². The van der Waals surface area contributed by atoms with Crippen LogP contribution in [0.1, 0.15) is 20.3 Å². The van der Waals surface area contributed by atoms with E-state index >= 15 is 0 Å². The van der Waals surface area contributed by atoms with Gasteiger partial charge in [-0.05, 0) is 13.3 Å². The smallest absolute Gasteiger partial charge is 0.223 e. The van der Waals surface area contributed by atoms with Crippen molar-refractivity contribution in [2.75, 3.05) is 6.61 Å². The maximum atomic E-state index is 10.7. The Bertz CT molecular complexity index is 154. The van der Waals surface area contributed by atoms with Gasteiger partial charge in [-0.2, -0.15) is 0 Å². The Morgan fingerprint density at radius 1 is 1.73 bits per heavy atom. The molecule has 0 aliphatic rings. The van der Waals surface area contributed by atoms with Crippen LogP contribution in [-0.2, 0) is 9.53 Å². The van der Waals surface area contributed by atoms with E-state index in [1.54, 1.807) is 6.92 Å². The van der Waals surface area contributed by atoms with Crippen molar-refractivity contribution in [2.45, 2.75) is 20.3 Å². The Morgan fingerprint density at radius 2 is 2.27 bits per heavy atom. The minimum Gasteiger partial charge on any atom is -0.498 e. The molecule has 0 saturated heterocycles. The molecule has 0 saturated carbocycles. The molecule has 0 spiro atoms. The number of rotatable bonds is 5. The van der Waals surface area contributed by atoms with Crippen LogP contribution in [0.25, 0.3) is 0 Å². The van der Waals surface area contributed by atoms with Gasteiger partial charge < -0.3 is 10.5 Å². The predicted octanol–water partition coefficient (Wildman–Crippen LogP) is 1.05. The third-order valence-corrected chi connectivity index (χ3v) is 1.43. The first-order valence-electron chi connectivity index (χ1n) is 3.65. The van der Waals surface area contributed by atoms with E-state index in [1.165, 1.54) is 0 Å². The molecule has 0 fully saturated rings. The number of amides is 1. The van der Waals surface area contributed by atoms with Crippen molar-refractivity contribution in [3.8, 4) is 0 Å². The second kappa shape index (κ2) is 4.77. The molecular formula is C8H15NO2. The highest BCUT2D eigenvalue weighted by Gasteiger charge is 2.12. The zero-order chi connectivity index (χ0) is 8.85. The number of carbonyl (C=O) groups is 1. The first-order valence-corrected chi connectivity index (χ1v) is 3.65. The number of hydrogen-bond acceptors (Lipinski definition) is 2. The highest BCUT2D eigenvalue weighted by atomic mass is 16.5. The lowest BCUT2D eigenvalue weighted by Gasteiger charge is -2.11. The third-order valence-electron chi connectivity index (χ3n) is 1.43. The summed E-state index contributed by atoms with van der Waals surface area (Å²) >= 11 is 0. The molecule has 0 rings (SSSR count). The van der Waals surface area contributed by atoms with Gasteiger partial charge in [-0.25, -0.2) is 0 Å². The molecule has 0 aromatic rings. The van der Waals surface area contributed by atoms with E-state index < -0.39 is 0 Å². The van der Waals surface area contributed by atoms with Gasteiger partial charge in [0, 0.05) is 0 Å². The average molecular weight is 157 g/mol. The fourth-order valence-electron chi connectivity index (χ4n) is 0.644. The summed E-state index contributed by atoms with van der Waals surface area (Å²) < 4.78 is 5.06. The molecule has 0 aromatic carbocycles. The van der Waals surface area contributed by atoms with Crippen LogP contribution in [0.3, 0.4) is 0 Å². The molecule has 0 heterocycles. The number of carbonyl (C=O) groups excluding carboxylic acids is 1. The van der Waals surface area contributed by atoms with E-state index in [4.69, 9.17) is 10.5 Å². The maximum Gasteiger partial charge on any atom is 0.223 e. The van der Waals surface area contributed by atoms with Crippen LogP contribution in [0.4, 0.5) is 0 Å². The van der Waals surface area contributed by atoms with E-state index in [0.29, 0.717) is 18.8 Å². The number of primary amides is 1. The Kier molecular flexibility index (Phi) is 4.34. The molecule has 0 aliphatic heterocycles. The van der Waals surface area contributed by atoms with Gasteiger partial charge in [0.1, 0.15) is 0 Å². The zero-order valence-corrected chi connectivity index (χ0v) is 7.09. The second-order valence-corrected chi connectivity index (χ2v) is 2.52. The minimum absolute atomic E-state index is 0.188. The summed E-state index contributed by atoms with van der Waals surface area (Å²) in [4.78, 5) is 10.7. The van der Waals surface area contributed by atoms with Crippen LogP contribution in [0.5, 0.6) is 0 Å². The Hall–Kier alpha value is -0.990. The van der Waals surface area contributed by atoms with Gasteiger partial charge in [-0.15, -0.1) is 0 Å². The highest BCUT2D eigenvalue weighted by molar-refractivity contribution is 5.76. The number of nitrogens with two attached hydrogens (primary N) is 1. The summed E-state index contributed by atoms with van der Waals surface area (Å²) in [6.45, 7) is 7.54. The van der Waals surface area contributed by atoms with Crippen LogP contribution in [-0.4, -0.2) is 12.5 Å². The summed E-state index contributed by atoms with van der Waals surface area (Å²) in [6, 6.07) is 0. The maximum absolute atomic E-state index is 10.7. The Balaban J connectivity index is 3.70. The van der Waals surface area contributed by atoms with E-state index in [9.17, 15) is 4.79 Å². The average Bonchev–Trinajstić information content (AvgIpc) is 1.87. The summed E-state index contributed by atoms with van der Waals surface area (Å²) in [5.74, 6) is 0.116. The molecule has 0 radical (unpaired) electrons. The fraction of sp³-hybridized carbons (Fsp3) is 0.625. The van der Waals surface area contributed by atoms with Gasteiger partial charge in [0.05, 0.1) is 18.3 Å². The van der Waals surface area contributed by atoms with Crippen LogP contribution < -0.4 is 5.73 Å². The number of hydrogen-bond donors (Lipinski definition) is 1. The van der Waals surface area contributed by atoms with E-state index in [1.807, 2.05) is 6.92 Å². The van der Waals surface area contributed by atoms with Crippen molar-refractivity contribution in [1.29, 1.82) is 0 Å². The molecule has 64 valence electrons. The topological polar surface area (TPSA) is 52.3 Å². The SMILES string of the molecule is C=C(C)OCC(CC)C(N)=O. The van der Waals surface area contributed by atoms with Crippen LogP contribution in [0.15, 0.2) is 12.3 Å². The largest absolute Gasteiger partial charge is 0.498 e. The van der Waals surface area contributed by atoms with E-state index in [0.717, 1.165) is 0 Å². The zero-order valence-electron chi connectivity index (χ0n) is 7.09. The normalized spacial score (nSPS) is 12.2. The molecule has 0 aliphatic carbocycles. The highest BCUT2D eigenvalue weighted by Crippen LogP contribution is 2.04. The van der Waals surface area contributed by atoms with Gasteiger partial charge in [0.15, 0.2) is 0 Å². The van der Waals surface area contributed by atoms with Gasteiger partial charge >= 0.3 is 0 Å². The molecule has 3 nitrogen and oxygen atoms in total. The minimum atomic E-state index is -0.311. The summed E-state index contributed by atoms with van der Waals surface area (Å²) in [7, 11) is 0.